The second-order valence-corrected chi connectivity index (χ2v) is 3.50. The van der Waals surface area contributed by atoms with E-state index in [1.807, 2.05) is 0 Å². The molecule has 14 heavy (non-hydrogen) atoms. The van der Waals surface area contributed by atoms with Crippen LogP contribution in [0.25, 0.3) is 5.57 Å². The summed E-state index contributed by atoms with van der Waals surface area (Å²) in [4.78, 5) is 10.1. The molecule has 0 fully saturated rings. The molecule has 1 rings (SSSR count). The maximum Gasteiger partial charge on any atom is 0.120 e. The number of carbonyl (C=O) groups excluding carboxylic acids is 1. The molecule has 1 heteroatoms. The van der Waals surface area contributed by atoms with Gasteiger partial charge in [-0.15, -0.1) is 0 Å². The predicted molar refractivity (Wildman–Crippen MR) is 60.1 cm³/mol. The average Bonchev–Trinajstić information content (AvgIpc) is 2.19. The number of benzene rings is 1. The monoisotopic (exact) mass is 188 g/mol. The summed E-state index contributed by atoms with van der Waals surface area (Å²) in [6.45, 7) is 4.16. The molecule has 74 valence electrons. The Bertz CT molecular complexity index is 320. The molecule has 0 radical (unpaired) electrons. The molecular weight excluding hydrogens is 172 g/mol. The van der Waals surface area contributed by atoms with Crippen LogP contribution >= 0.6 is 0 Å². The molecule has 0 unspecified atom stereocenters. The van der Waals surface area contributed by atoms with Crippen molar-refractivity contribution >= 4 is 11.9 Å². The van der Waals surface area contributed by atoms with Crippen molar-refractivity contribution in [3.05, 3.63) is 41.5 Å². The number of unbranched alkanes of at least 4 members (excludes halogenated alkanes) is 1. The van der Waals surface area contributed by atoms with Gasteiger partial charge in [-0.2, -0.15) is 0 Å². The van der Waals surface area contributed by atoms with Gasteiger partial charge >= 0.3 is 0 Å². The first-order valence-corrected chi connectivity index (χ1v) is 4.91. The van der Waals surface area contributed by atoms with Gasteiger partial charge < -0.3 is 4.79 Å². The highest BCUT2D eigenvalue weighted by atomic mass is 16.1. The van der Waals surface area contributed by atoms with Crippen LogP contribution in [0.4, 0.5) is 0 Å². The Hall–Kier alpha value is -1.37. The van der Waals surface area contributed by atoms with Gasteiger partial charge in [0.1, 0.15) is 6.29 Å². The SMILES string of the molecule is CC(=CCCC=O)c1ccc(C)cc1. The fourth-order valence-corrected chi connectivity index (χ4v) is 1.30. The minimum absolute atomic E-state index is 0.614. The standard InChI is InChI=1S/C13H16O/c1-11-6-8-13(9-7-11)12(2)5-3-4-10-14/h5-10H,3-4H2,1-2H3. The Labute approximate surface area is 85.5 Å². The Morgan fingerprint density at radius 3 is 2.43 bits per heavy atom. The molecule has 0 aliphatic carbocycles. The van der Waals surface area contributed by atoms with Gasteiger partial charge in [0.2, 0.25) is 0 Å². The van der Waals surface area contributed by atoms with E-state index in [4.69, 9.17) is 0 Å². The number of rotatable bonds is 4. The van der Waals surface area contributed by atoms with E-state index in [0.717, 1.165) is 12.7 Å². The van der Waals surface area contributed by atoms with Gasteiger partial charge in [0.15, 0.2) is 0 Å². The zero-order valence-electron chi connectivity index (χ0n) is 8.79. The minimum atomic E-state index is 0.614. The number of hydrogen-bond acceptors (Lipinski definition) is 1. The van der Waals surface area contributed by atoms with Crippen molar-refractivity contribution < 1.29 is 4.79 Å². The first kappa shape index (κ1) is 10.7. The number of aryl methyl sites for hydroxylation is 1. The smallest absolute Gasteiger partial charge is 0.120 e. The molecule has 0 saturated heterocycles. The summed E-state index contributed by atoms with van der Waals surface area (Å²) >= 11 is 0. The molecule has 0 N–H and O–H groups in total. The highest BCUT2D eigenvalue weighted by Crippen LogP contribution is 2.15. The summed E-state index contributed by atoms with van der Waals surface area (Å²) in [5, 5.41) is 0. The normalized spacial score (nSPS) is 11.4. The topological polar surface area (TPSA) is 17.1 Å². The van der Waals surface area contributed by atoms with Crippen molar-refractivity contribution in [1.82, 2.24) is 0 Å². The summed E-state index contributed by atoms with van der Waals surface area (Å²) < 4.78 is 0. The summed E-state index contributed by atoms with van der Waals surface area (Å²) in [5.41, 5.74) is 3.75. The van der Waals surface area contributed by atoms with E-state index in [2.05, 4.69) is 44.2 Å². The predicted octanol–water partition coefficient (Wildman–Crippen LogP) is 3.38. The van der Waals surface area contributed by atoms with Crippen LogP contribution in [0.2, 0.25) is 0 Å². The Morgan fingerprint density at radius 2 is 1.86 bits per heavy atom. The molecular formula is C13H16O. The number of allylic oxidation sites excluding steroid dienone is 2. The quantitative estimate of drug-likeness (QED) is 0.523. The van der Waals surface area contributed by atoms with Gasteiger partial charge in [0.25, 0.3) is 0 Å². The summed E-state index contributed by atoms with van der Waals surface area (Å²) in [5.74, 6) is 0. The van der Waals surface area contributed by atoms with Crippen molar-refractivity contribution in [2.24, 2.45) is 0 Å². The Morgan fingerprint density at radius 1 is 1.21 bits per heavy atom. The van der Waals surface area contributed by atoms with Crippen molar-refractivity contribution in [2.45, 2.75) is 26.7 Å². The van der Waals surface area contributed by atoms with Gasteiger partial charge in [-0.3, -0.25) is 0 Å². The number of hydrogen-bond donors (Lipinski definition) is 0. The van der Waals surface area contributed by atoms with Crippen LogP contribution in [0.15, 0.2) is 30.3 Å². The second-order valence-electron chi connectivity index (χ2n) is 3.50. The van der Waals surface area contributed by atoms with Crippen LogP contribution in [0.3, 0.4) is 0 Å². The van der Waals surface area contributed by atoms with E-state index in [0.29, 0.717) is 6.42 Å². The fourth-order valence-electron chi connectivity index (χ4n) is 1.30. The third-order valence-electron chi connectivity index (χ3n) is 2.24. The van der Waals surface area contributed by atoms with Crippen LogP contribution in [0, 0.1) is 6.92 Å². The van der Waals surface area contributed by atoms with Crippen LogP contribution in [0.1, 0.15) is 30.9 Å². The number of carbonyl (C=O) groups is 1. The summed E-state index contributed by atoms with van der Waals surface area (Å²) in [6, 6.07) is 8.43. The van der Waals surface area contributed by atoms with Crippen LogP contribution < -0.4 is 0 Å². The molecule has 1 nitrogen and oxygen atoms in total. The fraction of sp³-hybridized carbons (Fsp3) is 0.308. The largest absolute Gasteiger partial charge is 0.303 e. The minimum Gasteiger partial charge on any atom is -0.303 e. The van der Waals surface area contributed by atoms with Crippen LogP contribution in [-0.2, 0) is 4.79 Å². The van der Waals surface area contributed by atoms with Gasteiger partial charge in [-0.1, -0.05) is 35.9 Å². The molecule has 0 saturated carbocycles. The van der Waals surface area contributed by atoms with E-state index >= 15 is 0 Å². The Kier molecular flexibility index (Phi) is 4.11. The average molecular weight is 188 g/mol. The molecule has 0 bridgehead atoms. The van der Waals surface area contributed by atoms with Gasteiger partial charge in [-0.05, 0) is 31.4 Å². The first-order valence-electron chi connectivity index (χ1n) is 4.91. The second kappa shape index (κ2) is 5.38. The van der Waals surface area contributed by atoms with E-state index < -0.39 is 0 Å². The molecule has 0 aliphatic rings. The Balaban J connectivity index is 2.68. The molecule has 1 aromatic rings. The zero-order valence-corrected chi connectivity index (χ0v) is 8.79. The zero-order chi connectivity index (χ0) is 10.4. The molecule has 1 aromatic carbocycles. The third-order valence-corrected chi connectivity index (χ3v) is 2.24. The van der Waals surface area contributed by atoms with Gasteiger partial charge in [0, 0.05) is 6.42 Å². The van der Waals surface area contributed by atoms with Crippen molar-refractivity contribution in [3.63, 3.8) is 0 Å². The van der Waals surface area contributed by atoms with Crippen molar-refractivity contribution in [2.75, 3.05) is 0 Å². The molecule has 0 amide bonds. The van der Waals surface area contributed by atoms with Gasteiger partial charge in [-0.25, -0.2) is 0 Å². The first-order chi connectivity index (χ1) is 6.74. The maximum atomic E-state index is 10.1. The highest BCUT2D eigenvalue weighted by molar-refractivity contribution is 5.64. The summed E-state index contributed by atoms with van der Waals surface area (Å²) in [6.07, 6.45) is 4.52. The van der Waals surface area contributed by atoms with Crippen LogP contribution in [0.5, 0.6) is 0 Å². The lowest BCUT2D eigenvalue weighted by Crippen LogP contribution is -1.81. The molecule has 0 aromatic heterocycles. The molecule has 0 atom stereocenters. The van der Waals surface area contributed by atoms with E-state index in [1.165, 1.54) is 16.7 Å². The lowest BCUT2D eigenvalue weighted by Gasteiger charge is -2.01. The molecule has 0 aliphatic heterocycles. The van der Waals surface area contributed by atoms with Crippen molar-refractivity contribution in [3.8, 4) is 0 Å². The van der Waals surface area contributed by atoms with Gasteiger partial charge in [0.05, 0.1) is 0 Å². The van der Waals surface area contributed by atoms with Crippen LogP contribution in [-0.4, -0.2) is 6.29 Å². The summed E-state index contributed by atoms with van der Waals surface area (Å²) in [7, 11) is 0. The number of aldehydes is 1. The lowest BCUT2D eigenvalue weighted by atomic mass is 10.0. The van der Waals surface area contributed by atoms with E-state index in [-0.39, 0.29) is 0 Å². The molecule has 0 spiro atoms. The van der Waals surface area contributed by atoms with E-state index in [1.54, 1.807) is 0 Å². The maximum absolute atomic E-state index is 10.1. The highest BCUT2D eigenvalue weighted by Gasteiger charge is 1.93. The lowest BCUT2D eigenvalue weighted by molar-refractivity contribution is -0.107. The third kappa shape index (κ3) is 3.17. The van der Waals surface area contributed by atoms with E-state index in [9.17, 15) is 4.79 Å². The molecule has 0 heterocycles. The van der Waals surface area contributed by atoms with Crippen molar-refractivity contribution in [1.29, 1.82) is 0 Å².